The topological polar surface area (TPSA) is 73.3 Å². The van der Waals surface area contributed by atoms with Crippen LogP contribution in [0, 0.1) is 0 Å². The van der Waals surface area contributed by atoms with Crippen LogP contribution in [0.4, 0.5) is 0 Å². The number of ether oxygens (including phenoxy) is 4. The normalized spacial score (nSPS) is 10.8. The minimum Gasteiger partial charge on any atom is -0.493 e. The van der Waals surface area contributed by atoms with Gasteiger partial charge in [-0.3, -0.25) is 4.99 Å². The van der Waals surface area contributed by atoms with Crippen LogP contribution in [0.1, 0.15) is 24.5 Å². The summed E-state index contributed by atoms with van der Waals surface area (Å²) in [5.74, 6) is 3.19. The van der Waals surface area contributed by atoms with E-state index in [0.29, 0.717) is 26.4 Å². The fraction of sp³-hybridized carbons (Fsp3) is 0.458. The molecular weight excluding hydrogens is 521 g/mol. The molecule has 0 saturated heterocycles. The molecule has 0 aliphatic carbocycles. The van der Waals surface area contributed by atoms with Gasteiger partial charge in [-0.2, -0.15) is 0 Å². The van der Waals surface area contributed by atoms with E-state index in [9.17, 15) is 0 Å². The van der Waals surface area contributed by atoms with Crippen LogP contribution in [0.3, 0.4) is 0 Å². The van der Waals surface area contributed by atoms with Crippen LogP contribution in [-0.4, -0.2) is 53.6 Å². The Morgan fingerprint density at radius 1 is 0.906 bits per heavy atom. The molecule has 0 radical (unpaired) electrons. The number of aliphatic imine (C=N–C) groups is 1. The number of benzene rings is 2. The molecule has 2 aromatic rings. The third kappa shape index (κ3) is 9.95. The molecule has 0 fully saturated rings. The maximum atomic E-state index is 5.65. The van der Waals surface area contributed by atoms with Gasteiger partial charge in [0.05, 0.1) is 20.3 Å². The Balaban J connectivity index is 0.00000512. The molecule has 8 heteroatoms. The predicted octanol–water partition coefficient (Wildman–Crippen LogP) is 4.03. The molecule has 32 heavy (non-hydrogen) atoms. The zero-order valence-corrected chi connectivity index (χ0v) is 21.8. The highest BCUT2D eigenvalue weighted by Gasteiger charge is 2.06. The molecule has 0 atom stereocenters. The van der Waals surface area contributed by atoms with E-state index >= 15 is 0 Å². The minimum atomic E-state index is 0. The number of guanidine groups is 1. The first-order valence-electron chi connectivity index (χ1n) is 10.6. The van der Waals surface area contributed by atoms with E-state index < -0.39 is 0 Å². The minimum absolute atomic E-state index is 0. The summed E-state index contributed by atoms with van der Waals surface area (Å²) in [5, 5.41) is 6.70. The summed E-state index contributed by atoms with van der Waals surface area (Å²) in [6.45, 7) is 5.23. The van der Waals surface area contributed by atoms with Crippen molar-refractivity contribution >= 4 is 29.9 Å². The van der Waals surface area contributed by atoms with Crippen LogP contribution in [0.25, 0.3) is 0 Å². The van der Waals surface area contributed by atoms with Crippen molar-refractivity contribution in [3.63, 3.8) is 0 Å². The second-order valence-corrected chi connectivity index (χ2v) is 6.86. The zero-order valence-electron chi connectivity index (χ0n) is 19.5. The van der Waals surface area contributed by atoms with E-state index in [1.54, 1.807) is 21.3 Å². The first-order chi connectivity index (χ1) is 15.2. The van der Waals surface area contributed by atoms with Crippen molar-refractivity contribution in [1.29, 1.82) is 0 Å². The third-order valence-corrected chi connectivity index (χ3v) is 4.63. The van der Waals surface area contributed by atoms with Crippen LogP contribution in [0.2, 0.25) is 0 Å². The maximum absolute atomic E-state index is 5.65. The lowest BCUT2D eigenvalue weighted by atomic mass is 10.1. The van der Waals surface area contributed by atoms with E-state index in [1.807, 2.05) is 37.3 Å². The highest BCUT2D eigenvalue weighted by atomic mass is 127. The van der Waals surface area contributed by atoms with Crippen molar-refractivity contribution in [1.82, 2.24) is 10.6 Å². The summed E-state index contributed by atoms with van der Waals surface area (Å²) in [6.07, 6.45) is 1.92. The van der Waals surface area contributed by atoms with Gasteiger partial charge in [0.2, 0.25) is 0 Å². The van der Waals surface area contributed by atoms with E-state index in [2.05, 4.69) is 27.8 Å². The molecule has 7 nitrogen and oxygen atoms in total. The quantitative estimate of drug-likeness (QED) is 0.168. The molecule has 2 rings (SSSR count). The van der Waals surface area contributed by atoms with Gasteiger partial charge in [-0.15, -0.1) is 24.0 Å². The molecule has 0 unspecified atom stereocenters. The van der Waals surface area contributed by atoms with Crippen LogP contribution >= 0.6 is 24.0 Å². The summed E-state index contributed by atoms with van der Waals surface area (Å²) in [7, 11) is 5.10. The van der Waals surface area contributed by atoms with E-state index in [4.69, 9.17) is 18.9 Å². The van der Waals surface area contributed by atoms with E-state index in [0.717, 1.165) is 48.2 Å². The average molecular weight is 557 g/mol. The monoisotopic (exact) mass is 557 g/mol. The SMILES string of the molecule is CCOc1cc(CCCNC(=NC)NCc2ccc(OCCOC)cc2)ccc1OC.I. The lowest BCUT2D eigenvalue weighted by molar-refractivity contribution is 0.146. The van der Waals surface area contributed by atoms with Gasteiger partial charge >= 0.3 is 0 Å². The van der Waals surface area contributed by atoms with Crippen LogP contribution in [0.5, 0.6) is 17.2 Å². The smallest absolute Gasteiger partial charge is 0.191 e. The van der Waals surface area contributed by atoms with Crippen molar-refractivity contribution in [3.05, 3.63) is 53.6 Å². The molecule has 0 aromatic heterocycles. The molecule has 0 aliphatic heterocycles. The lowest BCUT2D eigenvalue weighted by Gasteiger charge is -2.13. The molecule has 0 spiro atoms. The number of nitrogens with one attached hydrogen (secondary N) is 2. The van der Waals surface area contributed by atoms with Gasteiger partial charge in [0.25, 0.3) is 0 Å². The van der Waals surface area contributed by atoms with Gasteiger partial charge in [-0.05, 0) is 55.2 Å². The number of nitrogens with zero attached hydrogens (tertiary/aromatic N) is 1. The van der Waals surface area contributed by atoms with Crippen LogP contribution in [-0.2, 0) is 17.7 Å². The van der Waals surface area contributed by atoms with Gasteiger partial charge in [0.1, 0.15) is 12.4 Å². The second kappa shape index (κ2) is 16.4. The Labute approximate surface area is 208 Å². The number of halogens is 1. The molecule has 0 bridgehead atoms. The van der Waals surface area contributed by atoms with Crippen molar-refractivity contribution in [2.45, 2.75) is 26.3 Å². The summed E-state index contributed by atoms with van der Waals surface area (Å²) in [5.41, 5.74) is 2.38. The number of methoxy groups -OCH3 is 2. The standard InChI is InChI=1S/C24H35N3O4.HI/c1-5-30-23-17-19(10-13-22(23)29-4)7-6-14-26-24(25-2)27-18-20-8-11-21(12-9-20)31-16-15-28-3;/h8-13,17H,5-7,14-16,18H2,1-4H3,(H2,25,26,27);1H. The Morgan fingerprint density at radius 3 is 2.31 bits per heavy atom. The fourth-order valence-corrected chi connectivity index (χ4v) is 3.00. The lowest BCUT2D eigenvalue weighted by Crippen LogP contribution is -2.37. The molecule has 178 valence electrons. The second-order valence-electron chi connectivity index (χ2n) is 6.86. The predicted molar refractivity (Wildman–Crippen MR) is 140 cm³/mol. The molecule has 0 aliphatic rings. The van der Waals surface area contributed by atoms with Gasteiger partial charge in [0.15, 0.2) is 17.5 Å². The number of rotatable bonds is 13. The fourth-order valence-electron chi connectivity index (χ4n) is 3.00. The summed E-state index contributed by atoms with van der Waals surface area (Å²) in [4.78, 5) is 4.30. The summed E-state index contributed by atoms with van der Waals surface area (Å²) >= 11 is 0. The van der Waals surface area contributed by atoms with Crippen molar-refractivity contribution < 1.29 is 18.9 Å². The summed E-state index contributed by atoms with van der Waals surface area (Å²) in [6, 6.07) is 14.1. The Hall–Kier alpha value is -2.20. The van der Waals surface area contributed by atoms with E-state index in [1.165, 1.54) is 5.56 Å². The molecule has 0 amide bonds. The number of hydrogen-bond acceptors (Lipinski definition) is 5. The van der Waals surface area contributed by atoms with Crippen molar-refractivity contribution in [2.24, 2.45) is 4.99 Å². The van der Waals surface area contributed by atoms with E-state index in [-0.39, 0.29) is 24.0 Å². The molecule has 2 N–H and O–H groups in total. The van der Waals surface area contributed by atoms with Crippen LogP contribution in [0.15, 0.2) is 47.5 Å². The molecular formula is C24H36IN3O4. The first kappa shape index (κ1) is 27.8. The number of aryl methyl sites for hydroxylation is 1. The third-order valence-electron chi connectivity index (χ3n) is 4.63. The number of hydrogen-bond donors (Lipinski definition) is 2. The van der Waals surface area contributed by atoms with Crippen molar-refractivity contribution in [3.8, 4) is 17.2 Å². The highest BCUT2D eigenvalue weighted by molar-refractivity contribution is 14.0. The van der Waals surface area contributed by atoms with Crippen molar-refractivity contribution in [2.75, 3.05) is 47.6 Å². The van der Waals surface area contributed by atoms with Gasteiger partial charge in [0, 0.05) is 27.2 Å². The Morgan fingerprint density at radius 2 is 1.66 bits per heavy atom. The van der Waals surface area contributed by atoms with Gasteiger partial charge in [-0.1, -0.05) is 18.2 Å². The maximum Gasteiger partial charge on any atom is 0.191 e. The molecule has 2 aromatic carbocycles. The molecule has 0 heterocycles. The Kier molecular flexibility index (Phi) is 14.3. The average Bonchev–Trinajstić information content (AvgIpc) is 2.80. The van der Waals surface area contributed by atoms with Crippen LogP contribution < -0.4 is 24.8 Å². The first-order valence-corrected chi connectivity index (χ1v) is 10.6. The van der Waals surface area contributed by atoms with Gasteiger partial charge < -0.3 is 29.6 Å². The molecule has 0 saturated carbocycles. The van der Waals surface area contributed by atoms with Gasteiger partial charge in [-0.25, -0.2) is 0 Å². The Bertz CT molecular complexity index is 800. The largest absolute Gasteiger partial charge is 0.493 e. The highest BCUT2D eigenvalue weighted by Crippen LogP contribution is 2.28. The zero-order chi connectivity index (χ0) is 22.3. The summed E-state index contributed by atoms with van der Waals surface area (Å²) < 4.78 is 21.6.